The normalized spacial score (nSPS) is 15.3. The van der Waals surface area contributed by atoms with Gasteiger partial charge in [0.25, 0.3) is 0 Å². The maximum Gasteiger partial charge on any atom is 0.226 e. The van der Waals surface area contributed by atoms with Crippen molar-refractivity contribution in [1.29, 1.82) is 0 Å². The quantitative estimate of drug-likeness (QED) is 0.472. The van der Waals surface area contributed by atoms with Gasteiger partial charge < -0.3 is 19.5 Å². The van der Waals surface area contributed by atoms with Crippen LogP contribution in [-0.2, 0) is 22.4 Å². The first-order chi connectivity index (χ1) is 16.6. The molecule has 0 spiro atoms. The smallest absolute Gasteiger partial charge is 0.226 e. The Morgan fingerprint density at radius 3 is 2.71 bits per heavy atom. The summed E-state index contributed by atoms with van der Waals surface area (Å²) in [4.78, 5) is 12.5. The van der Waals surface area contributed by atoms with Crippen molar-refractivity contribution in [3.63, 3.8) is 0 Å². The summed E-state index contributed by atoms with van der Waals surface area (Å²) in [5, 5.41) is 7.70. The number of para-hydroxylation sites is 1. The van der Waals surface area contributed by atoms with Crippen LogP contribution in [0.15, 0.2) is 48.5 Å². The molecule has 0 bridgehead atoms. The van der Waals surface area contributed by atoms with Gasteiger partial charge >= 0.3 is 0 Å². The number of nitrogens with zero attached hydrogens (tertiary/aromatic N) is 2. The SMILES string of the molecule is CCc1nn(-c2ccc(OC)cc2)c(Oc2ccccc2F)c1CCC(=O)NC[C@@H]1CCCO1. The van der Waals surface area contributed by atoms with E-state index in [1.54, 1.807) is 30.0 Å². The third kappa shape index (κ3) is 5.56. The molecular weight excluding hydrogens is 437 g/mol. The molecule has 7 nitrogen and oxygen atoms in total. The van der Waals surface area contributed by atoms with E-state index in [-0.39, 0.29) is 24.2 Å². The molecule has 4 rings (SSSR count). The fourth-order valence-electron chi connectivity index (χ4n) is 4.01. The first-order valence-electron chi connectivity index (χ1n) is 11.6. The van der Waals surface area contributed by atoms with Crippen LogP contribution in [0.3, 0.4) is 0 Å². The van der Waals surface area contributed by atoms with E-state index in [4.69, 9.17) is 19.3 Å². The van der Waals surface area contributed by atoms with Gasteiger partial charge in [0.05, 0.1) is 24.6 Å². The van der Waals surface area contributed by atoms with Gasteiger partial charge in [0, 0.05) is 25.1 Å². The molecule has 1 atom stereocenters. The molecular formula is C26H30FN3O4. The third-order valence-electron chi connectivity index (χ3n) is 5.87. The monoisotopic (exact) mass is 467 g/mol. The average molecular weight is 468 g/mol. The van der Waals surface area contributed by atoms with Crippen molar-refractivity contribution < 1.29 is 23.4 Å². The summed E-state index contributed by atoms with van der Waals surface area (Å²) in [5.74, 6) is 0.684. The minimum Gasteiger partial charge on any atom is -0.497 e. The molecule has 0 radical (unpaired) electrons. The molecule has 1 aliphatic rings. The van der Waals surface area contributed by atoms with Crippen molar-refractivity contribution in [2.75, 3.05) is 20.3 Å². The van der Waals surface area contributed by atoms with Gasteiger partial charge in [-0.2, -0.15) is 5.10 Å². The molecule has 1 N–H and O–H groups in total. The first-order valence-corrected chi connectivity index (χ1v) is 11.6. The van der Waals surface area contributed by atoms with Crippen LogP contribution in [-0.4, -0.2) is 42.1 Å². The van der Waals surface area contributed by atoms with Crippen LogP contribution < -0.4 is 14.8 Å². The maximum atomic E-state index is 14.4. The zero-order chi connectivity index (χ0) is 23.9. The van der Waals surface area contributed by atoms with Crippen molar-refractivity contribution in [2.24, 2.45) is 0 Å². The lowest BCUT2D eigenvalue weighted by molar-refractivity contribution is -0.121. The van der Waals surface area contributed by atoms with Gasteiger partial charge in [-0.15, -0.1) is 0 Å². The van der Waals surface area contributed by atoms with Crippen LogP contribution in [0.5, 0.6) is 17.4 Å². The number of halogens is 1. The number of hydrogen-bond donors (Lipinski definition) is 1. The Kier molecular flexibility index (Phi) is 7.80. The molecule has 8 heteroatoms. The first kappa shape index (κ1) is 23.8. The van der Waals surface area contributed by atoms with Crippen molar-refractivity contribution in [3.05, 3.63) is 65.6 Å². The highest BCUT2D eigenvalue weighted by Gasteiger charge is 2.23. The number of nitrogens with one attached hydrogen (secondary N) is 1. The van der Waals surface area contributed by atoms with Gasteiger partial charge in [-0.1, -0.05) is 19.1 Å². The van der Waals surface area contributed by atoms with Gasteiger partial charge in [-0.05, 0) is 62.1 Å². The second-order valence-electron chi connectivity index (χ2n) is 8.17. The lowest BCUT2D eigenvalue weighted by Gasteiger charge is -2.13. The number of aromatic nitrogens is 2. The second kappa shape index (κ2) is 11.2. The predicted octanol–water partition coefficient (Wildman–Crippen LogP) is 4.60. The molecule has 0 saturated carbocycles. The molecule has 1 saturated heterocycles. The Balaban J connectivity index is 1.61. The Morgan fingerprint density at radius 2 is 2.03 bits per heavy atom. The summed E-state index contributed by atoms with van der Waals surface area (Å²) in [7, 11) is 1.60. The standard InChI is InChI=1S/C26H30FN3O4/c1-3-23-21(14-15-25(31)28-17-20-7-6-16-33-20)26(34-24-9-5-4-8-22(24)27)30(29-23)18-10-12-19(32-2)13-11-18/h4-5,8-13,20H,3,6-7,14-17H2,1-2H3,(H,28,31)/t20-/m0/s1. The average Bonchev–Trinajstić information content (AvgIpc) is 3.51. The highest BCUT2D eigenvalue weighted by atomic mass is 19.1. The molecule has 3 aromatic rings. The molecule has 1 amide bonds. The molecule has 34 heavy (non-hydrogen) atoms. The third-order valence-corrected chi connectivity index (χ3v) is 5.87. The number of carbonyl (C=O) groups is 1. The molecule has 2 heterocycles. The topological polar surface area (TPSA) is 74.6 Å². The Morgan fingerprint density at radius 1 is 1.24 bits per heavy atom. The number of ether oxygens (including phenoxy) is 3. The Bertz CT molecular complexity index is 1110. The van der Waals surface area contributed by atoms with Crippen LogP contribution in [0.2, 0.25) is 0 Å². The van der Waals surface area contributed by atoms with E-state index in [1.807, 2.05) is 31.2 Å². The van der Waals surface area contributed by atoms with E-state index >= 15 is 0 Å². The number of amides is 1. The number of benzene rings is 2. The van der Waals surface area contributed by atoms with Crippen molar-refractivity contribution in [2.45, 2.75) is 45.1 Å². The van der Waals surface area contributed by atoms with Gasteiger partial charge in [-0.25, -0.2) is 9.07 Å². The number of rotatable bonds is 10. The zero-order valence-electron chi connectivity index (χ0n) is 19.6. The summed E-state index contributed by atoms with van der Waals surface area (Å²) in [6.07, 6.45) is 3.41. The van der Waals surface area contributed by atoms with E-state index in [0.29, 0.717) is 31.0 Å². The number of methoxy groups -OCH3 is 1. The molecule has 1 aromatic heterocycles. The summed E-state index contributed by atoms with van der Waals surface area (Å²) in [6.45, 7) is 3.26. The Labute approximate surface area is 198 Å². The lowest BCUT2D eigenvalue weighted by atomic mass is 10.1. The molecule has 2 aromatic carbocycles. The van der Waals surface area contributed by atoms with Gasteiger partial charge in [0.1, 0.15) is 5.75 Å². The van der Waals surface area contributed by atoms with E-state index in [1.165, 1.54) is 6.07 Å². The fourth-order valence-corrected chi connectivity index (χ4v) is 4.01. The largest absolute Gasteiger partial charge is 0.497 e. The molecule has 0 unspecified atom stereocenters. The van der Waals surface area contributed by atoms with Crippen LogP contribution in [0.4, 0.5) is 4.39 Å². The second-order valence-corrected chi connectivity index (χ2v) is 8.17. The molecule has 1 fully saturated rings. The van der Waals surface area contributed by atoms with E-state index < -0.39 is 5.82 Å². The number of hydrogen-bond acceptors (Lipinski definition) is 5. The molecule has 0 aliphatic carbocycles. The van der Waals surface area contributed by atoms with Gasteiger partial charge in [-0.3, -0.25) is 4.79 Å². The number of aryl methyl sites for hydroxylation is 1. The fraction of sp³-hybridized carbons (Fsp3) is 0.385. The molecule has 1 aliphatic heterocycles. The minimum absolute atomic E-state index is 0.0633. The van der Waals surface area contributed by atoms with E-state index in [2.05, 4.69) is 5.32 Å². The summed E-state index contributed by atoms with van der Waals surface area (Å²) in [6, 6.07) is 13.6. The summed E-state index contributed by atoms with van der Waals surface area (Å²) in [5.41, 5.74) is 2.33. The lowest BCUT2D eigenvalue weighted by Crippen LogP contribution is -2.31. The maximum absolute atomic E-state index is 14.4. The van der Waals surface area contributed by atoms with Crippen molar-refractivity contribution >= 4 is 5.91 Å². The van der Waals surface area contributed by atoms with E-state index in [9.17, 15) is 9.18 Å². The van der Waals surface area contributed by atoms with Crippen molar-refractivity contribution in [1.82, 2.24) is 15.1 Å². The summed E-state index contributed by atoms with van der Waals surface area (Å²) < 4.78 is 33.0. The number of carbonyl (C=O) groups excluding carboxylic acids is 1. The van der Waals surface area contributed by atoms with Gasteiger partial charge in [0.2, 0.25) is 11.8 Å². The van der Waals surface area contributed by atoms with Crippen molar-refractivity contribution in [3.8, 4) is 23.1 Å². The Hall–Kier alpha value is -3.39. The summed E-state index contributed by atoms with van der Waals surface area (Å²) >= 11 is 0. The van der Waals surface area contributed by atoms with Crippen LogP contribution in [0.1, 0.15) is 37.4 Å². The van der Waals surface area contributed by atoms with Crippen LogP contribution in [0, 0.1) is 5.82 Å². The van der Waals surface area contributed by atoms with Gasteiger partial charge in [0.15, 0.2) is 11.6 Å². The minimum atomic E-state index is -0.469. The predicted molar refractivity (Wildman–Crippen MR) is 126 cm³/mol. The zero-order valence-corrected chi connectivity index (χ0v) is 19.6. The molecule has 180 valence electrons. The highest BCUT2D eigenvalue weighted by Crippen LogP contribution is 2.33. The van der Waals surface area contributed by atoms with Crippen LogP contribution in [0.25, 0.3) is 5.69 Å². The highest BCUT2D eigenvalue weighted by molar-refractivity contribution is 5.76. The van der Waals surface area contributed by atoms with E-state index in [0.717, 1.165) is 36.4 Å². The van der Waals surface area contributed by atoms with Crippen LogP contribution >= 0.6 is 0 Å².